The van der Waals surface area contributed by atoms with Gasteiger partial charge in [0.2, 0.25) is 6.79 Å². The molecule has 0 radical (unpaired) electrons. The number of hydrogen-bond donors (Lipinski definition) is 1. The summed E-state index contributed by atoms with van der Waals surface area (Å²) in [6.07, 6.45) is 1.16. The molecule has 0 amide bonds. The van der Waals surface area contributed by atoms with Crippen molar-refractivity contribution >= 4 is 22.6 Å². The van der Waals surface area contributed by atoms with E-state index >= 15 is 0 Å². The molecule has 0 aromatic heterocycles. The van der Waals surface area contributed by atoms with Gasteiger partial charge in [0.25, 0.3) is 0 Å². The fraction of sp³-hybridized carbons (Fsp3) is 0.500. The topological polar surface area (TPSA) is 42.8 Å². The number of rotatable bonds is 2. The molecule has 0 saturated heterocycles. The first kappa shape index (κ1) is 12.7. The number of nitrogens with one attached hydrogen (secondary N) is 1. The summed E-state index contributed by atoms with van der Waals surface area (Å²) in [7, 11) is 0. The van der Waals surface area contributed by atoms with E-state index in [1.54, 1.807) is 11.8 Å². The molecule has 1 atom stereocenters. The standard InChI is InChI=1S/C14H18N2O2S/c1-9(2)11-5-6-19-14(16-11)15-10-3-4-12-13(7-10)18-8-17-12/h3-4,7,9,11H,5-6,8H2,1-2H3,(H,15,16). The molecule has 0 spiro atoms. The lowest BCUT2D eigenvalue weighted by atomic mass is 10.0. The molecule has 1 N–H and O–H groups in total. The lowest BCUT2D eigenvalue weighted by Gasteiger charge is -2.23. The Balaban J connectivity index is 1.74. The lowest BCUT2D eigenvalue weighted by Crippen LogP contribution is -2.23. The Morgan fingerprint density at radius 2 is 2.16 bits per heavy atom. The number of aliphatic imine (C=N–C) groups is 1. The molecule has 0 bridgehead atoms. The minimum Gasteiger partial charge on any atom is -0.454 e. The van der Waals surface area contributed by atoms with Crippen LogP contribution in [0.5, 0.6) is 11.5 Å². The molecule has 4 nitrogen and oxygen atoms in total. The van der Waals surface area contributed by atoms with Crippen LogP contribution in [0.1, 0.15) is 20.3 Å². The molecule has 0 saturated carbocycles. The molecule has 1 unspecified atom stereocenters. The molecule has 1 aromatic carbocycles. The minimum absolute atomic E-state index is 0.309. The molecule has 5 heteroatoms. The quantitative estimate of drug-likeness (QED) is 0.901. The van der Waals surface area contributed by atoms with Gasteiger partial charge in [-0.3, -0.25) is 4.99 Å². The second-order valence-electron chi connectivity index (χ2n) is 5.08. The molecule has 2 aliphatic heterocycles. The van der Waals surface area contributed by atoms with E-state index in [9.17, 15) is 0 Å². The monoisotopic (exact) mass is 278 g/mol. The third-order valence-electron chi connectivity index (χ3n) is 3.33. The molecule has 2 heterocycles. The fourth-order valence-electron chi connectivity index (χ4n) is 2.18. The van der Waals surface area contributed by atoms with Crippen molar-refractivity contribution in [3.05, 3.63) is 18.2 Å². The van der Waals surface area contributed by atoms with Crippen molar-refractivity contribution in [2.75, 3.05) is 17.9 Å². The second-order valence-corrected chi connectivity index (χ2v) is 6.16. The summed E-state index contributed by atoms with van der Waals surface area (Å²) in [6.45, 7) is 4.76. The highest BCUT2D eigenvalue weighted by molar-refractivity contribution is 8.14. The van der Waals surface area contributed by atoms with Gasteiger partial charge in [-0.25, -0.2) is 0 Å². The van der Waals surface area contributed by atoms with Crippen molar-refractivity contribution in [3.63, 3.8) is 0 Å². The molecule has 1 aromatic rings. The Hall–Kier alpha value is -1.36. The van der Waals surface area contributed by atoms with Gasteiger partial charge in [0.1, 0.15) is 0 Å². The number of amidine groups is 1. The zero-order chi connectivity index (χ0) is 13.2. The van der Waals surface area contributed by atoms with E-state index in [4.69, 9.17) is 14.5 Å². The zero-order valence-electron chi connectivity index (χ0n) is 11.2. The molecule has 102 valence electrons. The summed E-state index contributed by atoms with van der Waals surface area (Å²) in [6, 6.07) is 6.32. The maximum atomic E-state index is 5.38. The summed E-state index contributed by atoms with van der Waals surface area (Å²) in [5.74, 6) is 3.32. The Kier molecular flexibility index (Phi) is 3.55. The van der Waals surface area contributed by atoms with Crippen molar-refractivity contribution < 1.29 is 9.47 Å². The van der Waals surface area contributed by atoms with E-state index < -0.39 is 0 Å². The van der Waals surface area contributed by atoms with Crippen LogP contribution in [0.4, 0.5) is 5.69 Å². The highest BCUT2D eigenvalue weighted by Gasteiger charge is 2.19. The van der Waals surface area contributed by atoms with Gasteiger partial charge in [-0.15, -0.1) is 0 Å². The highest BCUT2D eigenvalue weighted by Crippen LogP contribution is 2.34. The van der Waals surface area contributed by atoms with Crippen molar-refractivity contribution in [1.29, 1.82) is 0 Å². The molecule has 3 rings (SSSR count). The Morgan fingerprint density at radius 3 is 3.00 bits per heavy atom. The van der Waals surface area contributed by atoms with Gasteiger partial charge in [0.05, 0.1) is 6.04 Å². The fourth-order valence-corrected chi connectivity index (χ4v) is 3.13. The number of anilines is 1. The summed E-state index contributed by atoms with van der Waals surface area (Å²) >= 11 is 1.78. The summed E-state index contributed by atoms with van der Waals surface area (Å²) < 4.78 is 10.7. The average molecular weight is 278 g/mol. The van der Waals surface area contributed by atoms with E-state index in [0.717, 1.165) is 34.5 Å². The van der Waals surface area contributed by atoms with Gasteiger partial charge in [0.15, 0.2) is 16.7 Å². The van der Waals surface area contributed by atoms with Crippen LogP contribution in [0.25, 0.3) is 0 Å². The zero-order valence-corrected chi connectivity index (χ0v) is 12.0. The van der Waals surface area contributed by atoms with Crippen LogP contribution in [0, 0.1) is 5.92 Å². The van der Waals surface area contributed by atoms with Gasteiger partial charge < -0.3 is 14.8 Å². The predicted octanol–water partition coefficient (Wildman–Crippen LogP) is 3.34. The first-order valence-electron chi connectivity index (χ1n) is 6.59. The van der Waals surface area contributed by atoms with Gasteiger partial charge >= 0.3 is 0 Å². The number of thioether (sulfide) groups is 1. The molecule has 2 aliphatic rings. The third-order valence-corrected chi connectivity index (χ3v) is 4.25. The lowest BCUT2D eigenvalue weighted by molar-refractivity contribution is 0.174. The normalized spacial score (nSPS) is 21.4. The molecule has 0 fully saturated rings. The number of ether oxygens (including phenoxy) is 2. The van der Waals surface area contributed by atoms with E-state index in [1.165, 1.54) is 0 Å². The first-order chi connectivity index (χ1) is 9.22. The van der Waals surface area contributed by atoms with E-state index in [-0.39, 0.29) is 0 Å². The summed E-state index contributed by atoms with van der Waals surface area (Å²) in [5, 5.41) is 4.38. The van der Waals surface area contributed by atoms with Crippen LogP contribution in [0.15, 0.2) is 23.2 Å². The Bertz CT molecular complexity index is 502. The van der Waals surface area contributed by atoms with Crippen LogP contribution in [0.2, 0.25) is 0 Å². The van der Waals surface area contributed by atoms with Crippen molar-refractivity contribution in [2.24, 2.45) is 10.9 Å². The second kappa shape index (κ2) is 5.33. The summed E-state index contributed by atoms with van der Waals surface area (Å²) in [4.78, 5) is 4.77. The van der Waals surface area contributed by atoms with Crippen LogP contribution in [-0.4, -0.2) is 23.8 Å². The van der Waals surface area contributed by atoms with Crippen LogP contribution >= 0.6 is 11.8 Å². The van der Waals surface area contributed by atoms with Crippen LogP contribution in [-0.2, 0) is 0 Å². The average Bonchev–Trinajstić information content (AvgIpc) is 2.86. The van der Waals surface area contributed by atoms with Gasteiger partial charge in [-0.05, 0) is 24.5 Å². The van der Waals surface area contributed by atoms with Gasteiger partial charge in [0, 0.05) is 17.5 Å². The van der Waals surface area contributed by atoms with Gasteiger partial charge in [-0.1, -0.05) is 25.6 Å². The van der Waals surface area contributed by atoms with Crippen molar-refractivity contribution in [2.45, 2.75) is 26.3 Å². The molecule has 19 heavy (non-hydrogen) atoms. The minimum atomic E-state index is 0.309. The van der Waals surface area contributed by atoms with Crippen LogP contribution in [0.3, 0.4) is 0 Å². The Morgan fingerprint density at radius 1 is 1.32 bits per heavy atom. The van der Waals surface area contributed by atoms with E-state index in [0.29, 0.717) is 18.8 Å². The number of fused-ring (bicyclic) bond motifs is 1. The Labute approximate surface area is 117 Å². The molecular formula is C14H18N2O2S. The predicted molar refractivity (Wildman–Crippen MR) is 79.3 cm³/mol. The van der Waals surface area contributed by atoms with E-state index in [1.807, 2.05) is 18.2 Å². The first-order valence-corrected chi connectivity index (χ1v) is 7.58. The SMILES string of the molecule is CC(C)C1CCSC(Nc2ccc3c(c2)OCO3)=N1. The molecule has 0 aliphatic carbocycles. The van der Waals surface area contributed by atoms with Crippen molar-refractivity contribution in [3.8, 4) is 11.5 Å². The summed E-state index contributed by atoms with van der Waals surface area (Å²) in [5.41, 5.74) is 1.000. The van der Waals surface area contributed by atoms with E-state index in [2.05, 4.69) is 19.2 Å². The smallest absolute Gasteiger partial charge is 0.231 e. The maximum Gasteiger partial charge on any atom is 0.231 e. The number of nitrogens with zero attached hydrogens (tertiary/aromatic N) is 1. The number of benzene rings is 1. The third kappa shape index (κ3) is 2.81. The van der Waals surface area contributed by atoms with Gasteiger partial charge in [-0.2, -0.15) is 0 Å². The van der Waals surface area contributed by atoms with Crippen LogP contribution < -0.4 is 14.8 Å². The largest absolute Gasteiger partial charge is 0.454 e. The maximum absolute atomic E-state index is 5.38. The highest BCUT2D eigenvalue weighted by atomic mass is 32.2. The molecular weight excluding hydrogens is 260 g/mol. The van der Waals surface area contributed by atoms with Crippen molar-refractivity contribution in [1.82, 2.24) is 0 Å². The number of hydrogen-bond acceptors (Lipinski definition) is 5.